The lowest BCUT2D eigenvalue weighted by Crippen LogP contribution is -2.12. The number of thiophene rings is 1. The van der Waals surface area contributed by atoms with Gasteiger partial charge in [0.15, 0.2) is 0 Å². The van der Waals surface area contributed by atoms with Gasteiger partial charge in [0.1, 0.15) is 0 Å². The molecule has 0 N–H and O–H groups in total. The summed E-state index contributed by atoms with van der Waals surface area (Å²) in [5, 5.41) is 7.52. The van der Waals surface area contributed by atoms with Crippen LogP contribution in [0.25, 0.3) is 69.6 Å². The minimum Gasteiger partial charge on any atom is -0.309 e. The molecule has 0 aliphatic rings. The Labute approximate surface area is 288 Å². The molecule has 2 heterocycles. The van der Waals surface area contributed by atoms with Crippen molar-refractivity contribution in [2.75, 3.05) is 4.90 Å². The Morgan fingerprint density at radius 1 is 0.429 bits per heavy atom. The molecular weight excluding hydrogens is 613 g/mol. The van der Waals surface area contributed by atoms with E-state index < -0.39 is 0 Å². The normalized spacial score (nSPS) is 11.7. The summed E-state index contributed by atoms with van der Waals surface area (Å²) in [7, 11) is 0. The van der Waals surface area contributed by atoms with Crippen LogP contribution in [0.15, 0.2) is 182 Å². The maximum absolute atomic E-state index is 2.52. The second-order valence-electron chi connectivity index (χ2n) is 12.5. The summed E-state index contributed by atoms with van der Waals surface area (Å²) in [5.74, 6) is 0. The van der Waals surface area contributed by atoms with Crippen molar-refractivity contribution in [2.45, 2.75) is 0 Å². The van der Waals surface area contributed by atoms with Crippen LogP contribution in [-0.4, -0.2) is 4.57 Å². The molecule has 230 valence electrons. The van der Waals surface area contributed by atoms with Gasteiger partial charge in [-0.3, -0.25) is 0 Å². The van der Waals surface area contributed by atoms with Gasteiger partial charge in [0.25, 0.3) is 0 Å². The molecule has 8 aromatic carbocycles. The molecule has 0 aliphatic heterocycles. The van der Waals surface area contributed by atoms with Gasteiger partial charge in [-0.1, -0.05) is 127 Å². The molecule has 49 heavy (non-hydrogen) atoms. The topological polar surface area (TPSA) is 8.17 Å². The largest absolute Gasteiger partial charge is 0.309 e. The highest BCUT2D eigenvalue weighted by molar-refractivity contribution is 7.26. The number of fused-ring (bicyclic) bond motifs is 7. The lowest BCUT2D eigenvalue weighted by Gasteiger charge is -2.29. The van der Waals surface area contributed by atoms with Gasteiger partial charge >= 0.3 is 0 Å². The Morgan fingerprint density at radius 2 is 1.08 bits per heavy atom. The number of rotatable bonds is 5. The van der Waals surface area contributed by atoms with Crippen LogP contribution in [0.3, 0.4) is 0 Å². The molecular formula is C46H30N2S. The fraction of sp³-hybridized carbons (Fsp3) is 0. The molecule has 0 radical (unpaired) electrons. The van der Waals surface area contributed by atoms with E-state index in [4.69, 9.17) is 0 Å². The molecule has 2 aromatic heterocycles. The summed E-state index contributed by atoms with van der Waals surface area (Å²) in [4.78, 5) is 2.52. The number of para-hydroxylation sites is 3. The van der Waals surface area contributed by atoms with Gasteiger partial charge < -0.3 is 9.47 Å². The third kappa shape index (κ3) is 4.40. The van der Waals surface area contributed by atoms with Crippen molar-refractivity contribution in [3.8, 4) is 16.8 Å². The van der Waals surface area contributed by atoms with Crippen LogP contribution in [0, 0.1) is 0 Å². The van der Waals surface area contributed by atoms with Crippen molar-refractivity contribution in [3.63, 3.8) is 0 Å². The van der Waals surface area contributed by atoms with Crippen LogP contribution in [0.5, 0.6) is 0 Å². The lowest BCUT2D eigenvalue weighted by molar-refractivity contribution is 1.18. The SMILES string of the molecule is c1ccc(-n2c3ccccc3c3c(N(c4ccccc4-c4ccc5ccccc5c4)c4cccc5c4sc4ccccc45)cccc32)cc1. The molecule has 10 aromatic rings. The fourth-order valence-electron chi connectivity index (χ4n) is 7.61. The Morgan fingerprint density at radius 3 is 2.00 bits per heavy atom. The molecule has 0 fully saturated rings. The van der Waals surface area contributed by atoms with E-state index in [1.54, 1.807) is 0 Å². The number of anilines is 3. The summed E-state index contributed by atoms with van der Waals surface area (Å²) < 4.78 is 4.98. The third-order valence-corrected chi connectivity index (χ3v) is 11.0. The van der Waals surface area contributed by atoms with Crippen molar-refractivity contribution in [1.29, 1.82) is 0 Å². The van der Waals surface area contributed by atoms with Gasteiger partial charge in [0.05, 0.1) is 32.8 Å². The van der Waals surface area contributed by atoms with E-state index in [1.807, 2.05) is 11.3 Å². The first kappa shape index (κ1) is 27.9. The smallest absolute Gasteiger partial charge is 0.0640 e. The highest BCUT2D eigenvalue weighted by Crippen LogP contribution is 2.50. The molecule has 10 rings (SSSR count). The molecule has 0 saturated heterocycles. The molecule has 0 saturated carbocycles. The molecule has 0 spiro atoms. The summed E-state index contributed by atoms with van der Waals surface area (Å²) in [6.45, 7) is 0. The zero-order valence-electron chi connectivity index (χ0n) is 26.6. The number of benzene rings is 8. The Hall–Kier alpha value is -6.16. The molecule has 2 nitrogen and oxygen atoms in total. The van der Waals surface area contributed by atoms with Crippen LogP contribution in [-0.2, 0) is 0 Å². The van der Waals surface area contributed by atoms with Crippen LogP contribution in [0.2, 0.25) is 0 Å². The van der Waals surface area contributed by atoms with E-state index in [2.05, 4.69) is 191 Å². The van der Waals surface area contributed by atoms with E-state index in [9.17, 15) is 0 Å². The predicted molar refractivity (Wildman–Crippen MR) is 211 cm³/mol. The monoisotopic (exact) mass is 642 g/mol. The lowest BCUT2D eigenvalue weighted by atomic mass is 9.98. The molecule has 0 aliphatic carbocycles. The highest BCUT2D eigenvalue weighted by Gasteiger charge is 2.25. The average molecular weight is 643 g/mol. The first-order chi connectivity index (χ1) is 24.3. The maximum Gasteiger partial charge on any atom is 0.0640 e. The van der Waals surface area contributed by atoms with Crippen molar-refractivity contribution < 1.29 is 0 Å². The number of aromatic nitrogens is 1. The summed E-state index contributed by atoms with van der Waals surface area (Å²) >= 11 is 1.87. The summed E-state index contributed by atoms with van der Waals surface area (Å²) in [5.41, 5.74) is 9.39. The second-order valence-corrected chi connectivity index (χ2v) is 13.6. The van der Waals surface area contributed by atoms with Crippen LogP contribution in [0.4, 0.5) is 17.1 Å². The van der Waals surface area contributed by atoms with Gasteiger partial charge in [-0.2, -0.15) is 0 Å². The Balaban J connectivity index is 1.33. The summed E-state index contributed by atoms with van der Waals surface area (Å²) in [6, 6.07) is 66.2. The zero-order chi connectivity index (χ0) is 32.3. The minimum atomic E-state index is 1.15. The first-order valence-corrected chi connectivity index (χ1v) is 17.5. The highest BCUT2D eigenvalue weighted by atomic mass is 32.1. The van der Waals surface area contributed by atoms with Crippen molar-refractivity contribution in [1.82, 2.24) is 4.57 Å². The van der Waals surface area contributed by atoms with Crippen LogP contribution < -0.4 is 4.90 Å². The van der Waals surface area contributed by atoms with Crippen LogP contribution in [0.1, 0.15) is 0 Å². The fourth-order valence-corrected chi connectivity index (χ4v) is 8.82. The summed E-state index contributed by atoms with van der Waals surface area (Å²) in [6.07, 6.45) is 0. The van der Waals surface area contributed by atoms with E-state index in [0.29, 0.717) is 0 Å². The zero-order valence-corrected chi connectivity index (χ0v) is 27.4. The van der Waals surface area contributed by atoms with Crippen molar-refractivity contribution in [3.05, 3.63) is 182 Å². The predicted octanol–water partition coefficient (Wildman–Crippen LogP) is 13.4. The van der Waals surface area contributed by atoms with E-state index in [0.717, 1.165) is 17.1 Å². The quantitative estimate of drug-likeness (QED) is 0.181. The van der Waals surface area contributed by atoms with Crippen molar-refractivity contribution >= 4 is 81.1 Å². The first-order valence-electron chi connectivity index (χ1n) is 16.7. The van der Waals surface area contributed by atoms with Gasteiger partial charge in [-0.05, 0) is 70.9 Å². The second kappa shape index (κ2) is 11.2. The standard InChI is InChI=1S/C46H30N2S/c1-2-16-34(17-3-1)47-40-23-10-7-20-38(40)45-41(47)24-13-25-42(45)48(43-26-12-21-37-36-19-8-11-27-44(36)49-46(37)43)39-22-9-6-18-35(39)33-29-28-31-14-4-5-15-32(31)30-33/h1-30H. The number of hydrogen-bond donors (Lipinski definition) is 0. The third-order valence-electron chi connectivity index (χ3n) is 9.76. The molecule has 0 unspecified atom stereocenters. The Bertz CT molecular complexity index is 2840. The average Bonchev–Trinajstić information content (AvgIpc) is 3.72. The van der Waals surface area contributed by atoms with Gasteiger partial charge in [0.2, 0.25) is 0 Å². The maximum atomic E-state index is 2.52. The van der Waals surface area contributed by atoms with Crippen LogP contribution >= 0.6 is 11.3 Å². The van der Waals surface area contributed by atoms with E-state index in [-0.39, 0.29) is 0 Å². The molecule has 3 heteroatoms. The number of nitrogens with zero attached hydrogens (tertiary/aromatic N) is 2. The van der Waals surface area contributed by atoms with Gasteiger partial charge in [-0.25, -0.2) is 0 Å². The van der Waals surface area contributed by atoms with Crippen molar-refractivity contribution in [2.24, 2.45) is 0 Å². The minimum absolute atomic E-state index is 1.15. The molecule has 0 amide bonds. The molecule has 0 atom stereocenters. The van der Waals surface area contributed by atoms with E-state index in [1.165, 1.54) is 69.6 Å². The molecule has 0 bridgehead atoms. The van der Waals surface area contributed by atoms with E-state index >= 15 is 0 Å². The van der Waals surface area contributed by atoms with Gasteiger partial charge in [0, 0.05) is 37.5 Å². The number of hydrogen-bond acceptors (Lipinski definition) is 2. The Kier molecular flexibility index (Phi) is 6.39. The van der Waals surface area contributed by atoms with Gasteiger partial charge in [-0.15, -0.1) is 11.3 Å².